The summed E-state index contributed by atoms with van der Waals surface area (Å²) >= 11 is 2.49. The summed E-state index contributed by atoms with van der Waals surface area (Å²) in [6, 6.07) is 4.69. The quantitative estimate of drug-likeness (QED) is 0.168. The van der Waals surface area contributed by atoms with Crippen LogP contribution < -0.4 is 11.1 Å². The molecule has 3 heterocycles. The normalized spacial score (nSPS) is 19.2. The molecule has 2 atom stereocenters. The molecule has 35 heavy (non-hydrogen) atoms. The number of rotatable bonds is 8. The van der Waals surface area contributed by atoms with Crippen LogP contribution in [0.5, 0.6) is 0 Å². The summed E-state index contributed by atoms with van der Waals surface area (Å²) in [5.41, 5.74) is 6.25. The second-order valence-corrected chi connectivity index (χ2v) is 9.21. The number of thioether (sulfide) groups is 1. The Hall–Kier alpha value is -3.98. The van der Waals surface area contributed by atoms with Crippen LogP contribution in [0, 0.1) is 10.1 Å². The zero-order chi connectivity index (χ0) is 25.1. The number of carbonyl (C=O) groups is 3. The van der Waals surface area contributed by atoms with E-state index in [1.165, 1.54) is 48.0 Å². The van der Waals surface area contributed by atoms with E-state index in [-0.39, 0.29) is 34.5 Å². The summed E-state index contributed by atoms with van der Waals surface area (Å²) in [6.07, 6.45) is 1.57. The number of ether oxygens (including phenoxy) is 1. The van der Waals surface area contributed by atoms with E-state index >= 15 is 0 Å². The molecule has 13 nitrogen and oxygen atoms in total. The summed E-state index contributed by atoms with van der Waals surface area (Å²) in [5, 5.41) is 18.3. The standard InChI is InChI=1S/C20H18N6O7S2/c1-32-24-14(12-9-35-20(21)22-12)16(27)23-15-17(28)25-13(6-7-34-18(15)25)19(29)33-8-10-2-4-11(5-3-10)26(30)31/h2-6,9,15,18H,7-8H2,1H3,(H2,21,22)(H,23,27)/t15?,18-/m0/s1. The van der Waals surface area contributed by atoms with Crippen LogP contribution in [0.4, 0.5) is 10.8 Å². The van der Waals surface area contributed by atoms with Crippen molar-refractivity contribution < 1.29 is 28.9 Å². The number of hydrogen-bond donors (Lipinski definition) is 2. The van der Waals surface area contributed by atoms with Gasteiger partial charge in [-0.3, -0.25) is 24.6 Å². The number of nitrogens with one attached hydrogen (secondary N) is 1. The van der Waals surface area contributed by atoms with Crippen molar-refractivity contribution in [2.45, 2.75) is 18.0 Å². The minimum absolute atomic E-state index is 0.0733. The molecule has 1 saturated heterocycles. The number of nitrogen functional groups attached to an aromatic ring is 1. The van der Waals surface area contributed by atoms with Gasteiger partial charge >= 0.3 is 5.97 Å². The predicted molar refractivity (Wildman–Crippen MR) is 126 cm³/mol. The van der Waals surface area contributed by atoms with Gasteiger partial charge in [-0.2, -0.15) is 0 Å². The van der Waals surface area contributed by atoms with Crippen LogP contribution in [0.25, 0.3) is 0 Å². The summed E-state index contributed by atoms with van der Waals surface area (Å²) in [7, 11) is 1.27. The van der Waals surface area contributed by atoms with Gasteiger partial charge in [-0.15, -0.1) is 23.1 Å². The van der Waals surface area contributed by atoms with Crippen molar-refractivity contribution in [1.29, 1.82) is 0 Å². The van der Waals surface area contributed by atoms with E-state index in [9.17, 15) is 24.5 Å². The number of nitro benzene ring substituents is 1. The van der Waals surface area contributed by atoms with Gasteiger partial charge in [0.1, 0.15) is 36.5 Å². The summed E-state index contributed by atoms with van der Waals surface area (Å²) in [4.78, 5) is 58.5. The van der Waals surface area contributed by atoms with Crippen molar-refractivity contribution in [3.8, 4) is 0 Å². The van der Waals surface area contributed by atoms with Crippen molar-refractivity contribution in [2.75, 3.05) is 18.6 Å². The van der Waals surface area contributed by atoms with E-state index < -0.39 is 34.1 Å². The third-order valence-electron chi connectivity index (χ3n) is 5.02. The molecule has 0 spiro atoms. The van der Waals surface area contributed by atoms with Gasteiger partial charge in [-0.25, -0.2) is 9.78 Å². The average Bonchev–Trinajstić information content (AvgIpc) is 3.29. The molecule has 0 bridgehead atoms. The number of benzene rings is 1. The number of oxime groups is 1. The molecule has 1 fully saturated rings. The lowest BCUT2D eigenvalue weighted by Crippen LogP contribution is -2.70. The molecular formula is C20H18N6O7S2. The van der Waals surface area contributed by atoms with Crippen LogP contribution in [-0.2, 0) is 30.6 Å². The third-order valence-corrected chi connectivity index (χ3v) is 6.88. The Bertz CT molecular complexity index is 1240. The molecule has 2 aliphatic heterocycles. The summed E-state index contributed by atoms with van der Waals surface area (Å²) in [5.74, 6) is -1.45. The van der Waals surface area contributed by atoms with Crippen molar-refractivity contribution >= 4 is 57.4 Å². The van der Waals surface area contributed by atoms with Crippen LogP contribution >= 0.6 is 23.1 Å². The van der Waals surface area contributed by atoms with E-state index in [1.807, 2.05) is 0 Å². The Morgan fingerprint density at radius 2 is 2.11 bits per heavy atom. The van der Waals surface area contributed by atoms with E-state index in [4.69, 9.17) is 15.3 Å². The van der Waals surface area contributed by atoms with Crippen LogP contribution in [0.3, 0.4) is 0 Å². The number of nitrogens with two attached hydrogens (primary N) is 1. The van der Waals surface area contributed by atoms with Crippen molar-refractivity contribution in [1.82, 2.24) is 15.2 Å². The number of nitro groups is 1. The van der Waals surface area contributed by atoms with Gasteiger partial charge in [0.2, 0.25) is 0 Å². The van der Waals surface area contributed by atoms with Gasteiger partial charge in [0.15, 0.2) is 10.8 Å². The topological polar surface area (TPSA) is 179 Å². The number of esters is 1. The first-order chi connectivity index (χ1) is 16.8. The minimum Gasteiger partial charge on any atom is -0.456 e. The van der Waals surface area contributed by atoms with Gasteiger partial charge < -0.3 is 20.6 Å². The highest BCUT2D eigenvalue weighted by atomic mass is 32.2. The maximum atomic E-state index is 12.8. The largest absolute Gasteiger partial charge is 0.456 e. The fourth-order valence-electron chi connectivity index (χ4n) is 3.37. The number of hydrogen-bond acceptors (Lipinski definition) is 12. The SMILES string of the molecule is CON=C(C(=O)NC1C(=O)N2C(C(=O)OCc3ccc([N+](=O)[O-])cc3)=CCS[C@@H]12)c1csc(N)n1. The average molecular weight is 519 g/mol. The highest BCUT2D eigenvalue weighted by molar-refractivity contribution is 8.00. The van der Waals surface area contributed by atoms with Crippen LogP contribution in [0.1, 0.15) is 11.3 Å². The molecule has 1 unspecified atom stereocenters. The molecule has 2 aliphatic rings. The molecule has 4 rings (SSSR count). The van der Waals surface area contributed by atoms with E-state index in [1.54, 1.807) is 11.5 Å². The zero-order valence-corrected chi connectivity index (χ0v) is 19.7. The number of non-ortho nitro benzene ring substituents is 1. The first kappa shape index (κ1) is 24.2. The zero-order valence-electron chi connectivity index (χ0n) is 18.1. The molecule has 182 valence electrons. The number of thiazole rings is 1. The van der Waals surface area contributed by atoms with Crippen molar-refractivity contribution in [2.24, 2.45) is 5.16 Å². The van der Waals surface area contributed by atoms with E-state index in [2.05, 4.69) is 15.5 Å². The maximum absolute atomic E-state index is 12.8. The first-order valence-corrected chi connectivity index (χ1v) is 11.9. The fourth-order valence-corrected chi connectivity index (χ4v) is 5.11. The van der Waals surface area contributed by atoms with Crippen LogP contribution in [0.2, 0.25) is 0 Å². The predicted octanol–water partition coefficient (Wildman–Crippen LogP) is 1.01. The van der Waals surface area contributed by atoms with Gasteiger partial charge in [0, 0.05) is 23.3 Å². The Morgan fingerprint density at radius 3 is 2.74 bits per heavy atom. The minimum atomic E-state index is -0.892. The fraction of sp³-hybridized carbons (Fsp3) is 0.250. The number of nitrogens with zero attached hydrogens (tertiary/aromatic N) is 4. The van der Waals surface area contributed by atoms with Gasteiger partial charge in [-0.1, -0.05) is 5.16 Å². The monoisotopic (exact) mass is 518 g/mol. The Morgan fingerprint density at radius 1 is 1.37 bits per heavy atom. The Labute approximate surface area is 206 Å². The number of amides is 2. The number of anilines is 1. The molecule has 0 aliphatic carbocycles. The molecule has 1 aromatic carbocycles. The molecule has 0 saturated carbocycles. The van der Waals surface area contributed by atoms with Crippen molar-refractivity contribution in [3.63, 3.8) is 0 Å². The first-order valence-electron chi connectivity index (χ1n) is 9.99. The lowest BCUT2D eigenvalue weighted by atomic mass is 10.0. The van der Waals surface area contributed by atoms with Gasteiger partial charge in [-0.05, 0) is 23.8 Å². The molecule has 15 heteroatoms. The number of β-lactam (4-membered cyclic amide) rings is 1. The van der Waals surface area contributed by atoms with Gasteiger partial charge in [0.05, 0.1) is 4.92 Å². The lowest BCUT2D eigenvalue weighted by Gasteiger charge is -2.48. The van der Waals surface area contributed by atoms with E-state index in [0.29, 0.717) is 11.3 Å². The number of aromatic nitrogens is 1. The smallest absolute Gasteiger partial charge is 0.355 e. The van der Waals surface area contributed by atoms with Crippen LogP contribution in [-0.4, -0.2) is 62.6 Å². The Balaban J connectivity index is 1.38. The lowest BCUT2D eigenvalue weighted by molar-refractivity contribution is -0.384. The second kappa shape index (κ2) is 10.1. The molecule has 0 radical (unpaired) electrons. The molecule has 3 N–H and O–H groups in total. The summed E-state index contributed by atoms with van der Waals surface area (Å²) < 4.78 is 5.29. The molecule has 2 amide bonds. The highest BCUT2D eigenvalue weighted by Gasteiger charge is 2.53. The highest BCUT2D eigenvalue weighted by Crippen LogP contribution is 2.38. The van der Waals surface area contributed by atoms with Gasteiger partial charge in [0.25, 0.3) is 17.5 Å². The molecule has 2 aromatic rings. The number of carbonyl (C=O) groups excluding carboxylic acids is 3. The second-order valence-electron chi connectivity index (χ2n) is 7.17. The molecular weight excluding hydrogens is 500 g/mol. The Kier molecular flexibility index (Phi) is 6.97. The van der Waals surface area contributed by atoms with E-state index in [0.717, 1.165) is 11.3 Å². The maximum Gasteiger partial charge on any atom is 0.355 e. The number of fused-ring (bicyclic) bond motifs is 1. The third kappa shape index (κ3) is 4.95. The van der Waals surface area contributed by atoms with Crippen LogP contribution in [0.15, 0.2) is 46.6 Å². The molecule has 1 aromatic heterocycles. The van der Waals surface area contributed by atoms with Crippen molar-refractivity contribution in [3.05, 3.63) is 62.8 Å². The summed E-state index contributed by atoms with van der Waals surface area (Å²) in [6.45, 7) is -0.123.